The summed E-state index contributed by atoms with van der Waals surface area (Å²) >= 11 is 1.80. The van der Waals surface area contributed by atoms with Crippen LogP contribution in [0.25, 0.3) is 0 Å². The van der Waals surface area contributed by atoms with Crippen molar-refractivity contribution in [3.05, 3.63) is 12.2 Å². The Kier molecular flexibility index (Phi) is 5.75. The van der Waals surface area contributed by atoms with Crippen LogP contribution in [-0.4, -0.2) is 43.6 Å². The number of carbonyl (C=O) groups is 1. The van der Waals surface area contributed by atoms with Gasteiger partial charge >= 0.3 is 5.97 Å². The zero-order valence-corrected chi connectivity index (χ0v) is 9.68. The maximum Gasteiger partial charge on any atom is 0.333 e. The van der Waals surface area contributed by atoms with Crippen LogP contribution in [0, 0.1) is 0 Å². The van der Waals surface area contributed by atoms with Crippen LogP contribution in [0.2, 0.25) is 0 Å². The number of esters is 1. The molecule has 1 unspecified atom stereocenters. The van der Waals surface area contributed by atoms with Crippen LogP contribution in [0.3, 0.4) is 0 Å². The zero-order valence-electron chi connectivity index (χ0n) is 8.86. The van der Waals surface area contributed by atoms with E-state index in [1.807, 2.05) is 0 Å². The minimum Gasteiger partial charge on any atom is -0.460 e. The second-order valence-corrected chi connectivity index (χ2v) is 4.31. The minimum atomic E-state index is -0.377. The quantitative estimate of drug-likeness (QED) is 0.405. The highest BCUT2D eigenvalue weighted by atomic mass is 32.2. The van der Waals surface area contributed by atoms with Crippen molar-refractivity contribution in [1.29, 1.82) is 0 Å². The van der Waals surface area contributed by atoms with Gasteiger partial charge in [-0.25, -0.2) is 4.79 Å². The molecule has 1 rings (SSSR count). The lowest BCUT2D eigenvalue weighted by Crippen LogP contribution is -2.27. The fourth-order valence-electron chi connectivity index (χ4n) is 1.000. The molecule has 5 heteroatoms. The van der Waals surface area contributed by atoms with Gasteiger partial charge in [0, 0.05) is 17.1 Å². The van der Waals surface area contributed by atoms with Crippen LogP contribution in [-0.2, 0) is 19.0 Å². The zero-order chi connectivity index (χ0) is 11.1. The highest BCUT2D eigenvalue weighted by Gasteiger charge is 2.14. The van der Waals surface area contributed by atoms with E-state index in [1.165, 1.54) is 0 Å². The van der Waals surface area contributed by atoms with Gasteiger partial charge in [0.25, 0.3) is 0 Å². The Balaban J connectivity index is 2.01. The molecule has 15 heavy (non-hydrogen) atoms. The molecule has 1 fully saturated rings. The van der Waals surface area contributed by atoms with E-state index in [-0.39, 0.29) is 18.9 Å². The van der Waals surface area contributed by atoms with E-state index in [2.05, 4.69) is 6.58 Å². The summed E-state index contributed by atoms with van der Waals surface area (Å²) in [7, 11) is 0. The maximum absolute atomic E-state index is 11.0. The molecule has 86 valence electrons. The number of ether oxygens (including phenoxy) is 3. The first-order valence-corrected chi connectivity index (χ1v) is 5.99. The van der Waals surface area contributed by atoms with Gasteiger partial charge in [0.15, 0.2) is 6.29 Å². The average molecular weight is 232 g/mol. The van der Waals surface area contributed by atoms with E-state index in [9.17, 15) is 4.79 Å². The molecular weight excluding hydrogens is 216 g/mol. The summed E-state index contributed by atoms with van der Waals surface area (Å²) in [6.45, 7) is 6.43. The Morgan fingerprint density at radius 2 is 2.40 bits per heavy atom. The fourth-order valence-corrected chi connectivity index (χ4v) is 1.77. The molecule has 0 aromatic carbocycles. The van der Waals surface area contributed by atoms with E-state index >= 15 is 0 Å². The predicted octanol–water partition coefficient (Wildman–Crippen LogP) is 1.21. The molecule has 0 aromatic rings. The van der Waals surface area contributed by atoms with Crippen LogP contribution < -0.4 is 0 Å². The lowest BCUT2D eigenvalue weighted by molar-refractivity contribution is -0.152. The summed E-state index contributed by atoms with van der Waals surface area (Å²) in [6, 6.07) is 0. The van der Waals surface area contributed by atoms with E-state index in [1.54, 1.807) is 18.7 Å². The number of hydrogen-bond donors (Lipinski definition) is 0. The van der Waals surface area contributed by atoms with Gasteiger partial charge in [0.2, 0.25) is 0 Å². The van der Waals surface area contributed by atoms with Crippen molar-refractivity contribution in [2.24, 2.45) is 0 Å². The molecule has 1 heterocycles. The molecule has 0 aliphatic carbocycles. The summed E-state index contributed by atoms with van der Waals surface area (Å²) in [5, 5.41) is 0. The topological polar surface area (TPSA) is 44.8 Å². The Morgan fingerprint density at radius 3 is 3.00 bits per heavy atom. The molecule has 1 aliphatic heterocycles. The highest BCUT2D eigenvalue weighted by molar-refractivity contribution is 7.99. The van der Waals surface area contributed by atoms with Gasteiger partial charge in [-0.3, -0.25) is 0 Å². The average Bonchev–Trinajstić information content (AvgIpc) is 2.25. The predicted molar refractivity (Wildman–Crippen MR) is 58.8 cm³/mol. The first-order valence-electron chi connectivity index (χ1n) is 4.83. The van der Waals surface area contributed by atoms with Crippen LogP contribution in [0.4, 0.5) is 0 Å². The molecule has 1 aliphatic rings. The number of carbonyl (C=O) groups excluding carboxylic acids is 1. The number of rotatable bonds is 5. The third kappa shape index (κ3) is 5.20. The molecule has 0 amide bonds. The molecule has 0 saturated carbocycles. The molecule has 0 spiro atoms. The lowest BCUT2D eigenvalue weighted by Gasteiger charge is -2.22. The second kappa shape index (κ2) is 6.87. The third-order valence-corrected chi connectivity index (χ3v) is 2.72. The first kappa shape index (κ1) is 12.5. The summed E-state index contributed by atoms with van der Waals surface area (Å²) in [6.07, 6.45) is -0.160. The van der Waals surface area contributed by atoms with Gasteiger partial charge in [-0.15, -0.1) is 0 Å². The van der Waals surface area contributed by atoms with E-state index < -0.39 is 0 Å². The van der Waals surface area contributed by atoms with Gasteiger partial charge in [0.05, 0.1) is 13.2 Å². The van der Waals surface area contributed by atoms with Crippen molar-refractivity contribution in [2.45, 2.75) is 13.2 Å². The Bertz CT molecular complexity index is 223. The van der Waals surface area contributed by atoms with Crippen molar-refractivity contribution in [3.63, 3.8) is 0 Å². The van der Waals surface area contributed by atoms with Gasteiger partial charge in [-0.05, 0) is 6.92 Å². The smallest absolute Gasteiger partial charge is 0.333 e. The summed E-state index contributed by atoms with van der Waals surface area (Å²) in [5.41, 5.74) is 0.402. The molecule has 0 N–H and O–H groups in total. The molecule has 1 atom stereocenters. The molecular formula is C10H16O4S. The Labute approximate surface area is 94.0 Å². The van der Waals surface area contributed by atoms with Crippen molar-refractivity contribution in [3.8, 4) is 0 Å². The molecule has 0 radical (unpaired) electrons. The second-order valence-electron chi connectivity index (χ2n) is 3.16. The van der Waals surface area contributed by atoms with Crippen LogP contribution >= 0.6 is 11.8 Å². The van der Waals surface area contributed by atoms with E-state index in [4.69, 9.17) is 14.2 Å². The molecule has 0 bridgehead atoms. The Morgan fingerprint density at radius 1 is 1.60 bits per heavy atom. The minimum absolute atomic E-state index is 0.160. The van der Waals surface area contributed by atoms with Gasteiger partial charge in [0.1, 0.15) is 6.61 Å². The number of hydrogen-bond acceptors (Lipinski definition) is 5. The standard InChI is InChI=1S/C10H16O4S/c1-8(2)10(11)14-4-3-12-9-7-15-6-5-13-9/h9H,1,3-7H2,2H3. The van der Waals surface area contributed by atoms with Gasteiger partial charge < -0.3 is 14.2 Å². The van der Waals surface area contributed by atoms with Crippen LogP contribution in [0.5, 0.6) is 0 Å². The maximum atomic E-state index is 11.0. The third-order valence-electron chi connectivity index (χ3n) is 1.75. The van der Waals surface area contributed by atoms with E-state index in [0.29, 0.717) is 12.2 Å². The van der Waals surface area contributed by atoms with Crippen molar-refractivity contribution >= 4 is 17.7 Å². The summed E-state index contributed by atoms with van der Waals surface area (Å²) in [5.74, 6) is 1.48. The van der Waals surface area contributed by atoms with Crippen molar-refractivity contribution in [1.82, 2.24) is 0 Å². The molecule has 1 saturated heterocycles. The molecule has 4 nitrogen and oxygen atoms in total. The van der Waals surface area contributed by atoms with Gasteiger partial charge in [-0.1, -0.05) is 6.58 Å². The van der Waals surface area contributed by atoms with Gasteiger partial charge in [-0.2, -0.15) is 11.8 Å². The number of thioether (sulfide) groups is 1. The largest absolute Gasteiger partial charge is 0.460 e. The Hall–Kier alpha value is -0.520. The normalized spacial score (nSPS) is 21.0. The highest BCUT2D eigenvalue weighted by Crippen LogP contribution is 2.13. The SMILES string of the molecule is C=C(C)C(=O)OCCOC1CSCCO1. The summed E-state index contributed by atoms with van der Waals surface area (Å²) < 4.78 is 15.6. The lowest BCUT2D eigenvalue weighted by atomic mass is 10.4. The van der Waals surface area contributed by atoms with E-state index in [0.717, 1.165) is 18.1 Å². The van der Waals surface area contributed by atoms with Crippen molar-refractivity contribution in [2.75, 3.05) is 31.3 Å². The monoisotopic (exact) mass is 232 g/mol. The van der Waals surface area contributed by atoms with Crippen LogP contribution in [0.1, 0.15) is 6.92 Å². The fraction of sp³-hybridized carbons (Fsp3) is 0.700. The molecule has 0 aromatic heterocycles. The van der Waals surface area contributed by atoms with Crippen molar-refractivity contribution < 1.29 is 19.0 Å². The van der Waals surface area contributed by atoms with Crippen LogP contribution in [0.15, 0.2) is 12.2 Å². The summed E-state index contributed by atoms with van der Waals surface area (Å²) in [4.78, 5) is 11.0. The first-order chi connectivity index (χ1) is 7.20.